The molecule has 0 saturated heterocycles. The number of esters is 2. The van der Waals surface area contributed by atoms with E-state index in [1.807, 2.05) is 0 Å². The van der Waals surface area contributed by atoms with Crippen molar-refractivity contribution in [2.45, 2.75) is 219 Å². The van der Waals surface area contributed by atoms with Crippen LogP contribution in [0.4, 0.5) is 0 Å². The predicted molar refractivity (Wildman–Crippen MR) is 269 cm³/mol. The van der Waals surface area contributed by atoms with Gasteiger partial charge in [-0.15, -0.1) is 0 Å². The fourth-order valence-corrected chi connectivity index (χ4v) is 6.55. The molecule has 0 aromatic rings. The molecule has 1 unspecified atom stereocenters. The summed E-state index contributed by atoms with van der Waals surface area (Å²) in [4.78, 5) is 25.4. The molecule has 62 heavy (non-hydrogen) atoms. The summed E-state index contributed by atoms with van der Waals surface area (Å²) < 4.78 is 17.3. The number of hydrogen-bond donors (Lipinski definition) is 0. The third kappa shape index (κ3) is 49.2. The van der Waals surface area contributed by atoms with Crippen LogP contribution in [0, 0.1) is 0 Å². The average Bonchev–Trinajstić information content (AvgIpc) is 3.27. The Kier molecular flexibility index (Phi) is 49.0. The molecular formula is C57H94O5. The van der Waals surface area contributed by atoms with Crippen LogP contribution in [0.1, 0.15) is 213 Å². The molecule has 0 fully saturated rings. The molecule has 0 aliphatic carbocycles. The summed E-state index contributed by atoms with van der Waals surface area (Å²) in [6, 6.07) is 0. The van der Waals surface area contributed by atoms with E-state index >= 15 is 0 Å². The van der Waals surface area contributed by atoms with E-state index in [9.17, 15) is 9.59 Å². The van der Waals surface area contributed by atoms with Crippen molar-refractivity contribution in [1.29, 1.82) is 0 Å². The number of carbonyl (C=O) groups is 2. The highest BCUT2D eigenvalue weighted by molar-refractivity contribution is 5.70. The Morgan fingerprint density at radius 3 is 1.23 bits per heavy atom. The number of rotatable bonds is 45. The molecule has 0 aliphatic heterocycles. The van der Waals surface area contributed by atoms with Crippen molar-refractivity contribution in [1.82, 2.24) is 0 Å². The lowest BCUT2D eigenvalue weighted by Gasteiger charge is -2.18. The van der Waals surface area contributed by atoms with Crippen LogP contribution < -0.4 is 0 Å². The number of ether oxygens (including phenoxy) is 3. The van der Waals surface area contributed by atoms with Crippen LogP contribution in [0.5, 0.6) is 0 Å². The minimum absolute atomic E-state index is 0.0373. The highest BCUT2D eigenvalue weighted by Crippen LogP contribution is 2.12. The van der Waals surface area contributed by atoms with Gasteiger partial charge in [0, 0.05) is 19.4 Å². The second kappa shape index (κ2) is 51.9. The van der Waals surface area contributed by atoms with Crippen LogP contribution in [0.3, 0.4) is 0 Å². The summed E-state index contributed by atoms with van der Waals surface area (Å²) in [6.45, 7) is 7.47. The average molecular weight is 859 g/mol. The Labute approximate surface area is 383 Å². The Morgan fingerprint density at radius 1 is 0.371 bits per heavy atom. The fraction of sp³-hybridized carbons (Fsp3) is 0.649. The standard InChI is InChI=1S/C57H94O5/c1-4-7-10-13-16-19-22-25-28-29-31-32-35-38-41-44-47-50-56(58)61-54-55(53-60-52-49-46-43-40-37-34-27-24-21-18-15-12-9-6-3)62-57(59)51-48-45-42-39-36-33-30-26-23-20-17-14-11-8-5-2/h7,9-10,12,16,18-19,21,25-28,30-32,34,38,41,55H,4-6,8,11,13-15,17,20,22-24,29,33,35-37,39-40,42-54H2,1-3H3/b10-7-,12-9-,19-16-,21-18-,28-25-,30-26-,32-31-,34-27-,41-38-. The third-order valence-corrected chi connectivity index (χ3v) is 10.3. The normalized spacial score (nSPS) is 13.1. The van der Waals surface area contributed by atoms with E-state index in [0.29, 0.717) is 19.4 Å². The Balaban J connectivity index is 4.43. The van der Waals surface area contributed by atoms with Crippen LogP contribution in [-0.2, 0) is 23.8 Å². The second-order valence-electron chi connectivity index (χ2n) is 16.3. The second-order valence-corrected chi connectivity index (χ2v) is 16.3. The highest BCUT2D eigenvalue weighted by Gasteiger charge is 2.17. The van der Waals surface area contributed by atoms with E-state index < -0.39 is 6.10 Å². The SMILES string of the molecule is CC/C=C\C/C=C\C/C=C\C/C=C\C/C=C\CCCC(=O)OCC(COCCCCCC/C=C\C/C=C\C/C=C\CC)OC(=O)CCCCCCC/C=C\CCCCCCCC. The molecule has 5 heteroatoms. The van der Waals surface area contributed by atoms with Crippen LogP contribution >= 0.6 is 0 Å². The van der Waals surface area contributed by atoms with E-state index in [-0.39, 0.29) is 25.2 Å². The molecule has 0 heterocycles. The molecule has 0 amide bonds. The Morgan fingerprint density at radius 2 is 0.742 bits per heavy atom. The number of hydrogen-bond acceptors (Lipinski definition) is 5. The minimum Gasteiger partial charge on any atom is -0.462 e. The fourth-order valence-electron chi connectivity index (χ4n) is 6.55. The van der Waals surface area contributed by atoms with Gasteiger partial charge in [-0.1, -0.05) is 194 Å². The van der Waals surface area contributed by atoms with E-state index in [4.69, 9.17) is 14.2 Å². The molecule has 0 saturated carbocycles. The summed E-state index contributed by atoms with van der Waals surface area (Å²) in [5, 5.41) is 0. The van der Waals surface area contributed by atoms with Crippen LogP contribution in [-0.4, -0.2) is 37.9 Å². The monoisotopic (exact) mass is 859 g/mol. The summed E-state index contributed by atoms with van der Waals surface area (Å²) in [7, 11) is 0. The van der Waals surface area contributed by atoms with E-state index in [1.54, 1.807) is 0 Å². The van der Waals surface area contributed by atoms with Crippen molar-refractivity contribution in [3.05, 3.63) is 109 Å². The molecule has 1 atom stereocenters. The number of unbranched alkanes of at least 4 members (excludes halogenated alkanes) is 16. The van der Waals surface area contributed by atoms with Crippen molar-refractivity contribution in [2.75, 3.05) is 19.8 Å². The van der Waals surface area contributed by atoms with E-state index in [2.05, 4.69) is 130 Å². The van der Waals surface area contributed by atoms with Gasteiger partial charge in [-0.2, -0.15) is 0 Å². The maximum absolute atomic E-state index is 12.8. The molecule has 0 N–H and O–H groups in total. The quantitative estimate of drug-likeness (QED) is 0.0347. The summed E-state index contributed by atoms with van der Waals surface area (Å²) >= 11 is 0. The number of allylic oxidation sites excluding steroid dienone is 18. The van der Waals surface area contributed by atoms with Gasteiger partial charge in [-0.3, -0.25) is 9.59 Å². The van der Waals surface area contributed by atoms with Gasteiger partial charge in [0.2, 0.25) is 0 Å². The van der Waals surface area contributed by atoms with Crippen molar-refractivity contribution < 1.29 is 23.8 Å². The minimum atomic E-state index is -0.581. The van der Waals surface area contributed by atoms with E-state index in [0.717, 1.165) is 116 Å². The molecule has 0 bridgehead atoms. The Bertz CT molecular complexity index is 1250. The molecular weight excluding hydrogens is 765 g/mol. The van der Waals surface area contributed by atoms with Gasteiger partial charge in [0.05, 0.1) is 6.61 Å². The van der Waals surface area contributed by atoms with Gasteiger partial charge < -0.3 is 14.2 Å². The first-order valence-electron chi connectivity index (χ1n) is 25.4. The molecule has 352 valence electrons. The zero-order valence-corrected chi connectivity index (χ0v) is 40.3. The van der Waals surface area contributed by atoms with Crippen molar-refractivity contribution in [2.24, 2.45) is 0 Å². The van der Waals surface area contributed by atoms with Crippen LogP contribution in [0.2, 0.25) is 0 Å². The topological polar surface area (TPSA) is 61.8 Å². The van der Waals surface area contributed by atoms with E-state index in [1.165, 1.54) is 64.2 Å². The largest absolute Gasteiger partial charge is 0.462 e. The first kappa shape index (κ1) is 58.6. The first-order valence-corrected chi connectivity index (χ1v) is 25.4. The summed E-state index contributed by atoms with van der Waals surface area (Å²) in [5.41, 5.74) is 0. The van der Waals surface area contributed by atoms with Gasteiger partial charge in [0.15, 0.2) is 6.10 Å². The third-order valence-electron chi connectivity index (χ3n) is 10.3. The Hall–Kier alpha value is -3.44. The molecule has 0 aliphatic rings. The lowest BCUT2D eigenvalue weighted by Crippen LogP contribution is -2.30. The predicted octanol–water partition coefficient (Wildman–Crippen LogP) is 17.2. The zero-order valence-electron chi connectivity index (χ0n) is 40.3. The van der Waals surface area contributed by atoms with Gasteiger partial charge >= 0.3 is 11.9 Å². The smallest absolute Gasteiger partial charge is 0.306 e. The summed E-state index contributed by atoms with van der Waals surface area (Å²) in [5.74, 6) is -0.493. The molecule has 0 aromatic carbocycles. The van der Waals surface area contributed by atoms with Crippen LogP contribution in [0.15, 0.2) is 109 Å². The summed E-state index contributed by atoms with van der Waals surface area (Å²) in [6.07, 6.45) is 71.0. The van der Waals surface area contributed by atoms with Gasteiger partial charge in [0.1, 0.15) is 6.61 Å². The highest BCUT2D eigenvalue weighted by atomic mass is 16.6. The number of carbonyl (C=O) groups excluding carboxylic acids is 2. The molecule has 0 spiro atoms. The maximum atomic E-state index is 12.8. The first-order chi connectivity index (χ1) is 30.6. The van der Waals surface area contributed by atoms with Crippen molar-refractivity contribution >= 4 is 11.9 Å². The van der Waals surface area contributed by atoms with Crippen LogP contribution in [0.25, 0.3) is 0 Å². The molecule has 5 nitrogen and oxygen atoms in total. The van der Waals surface area contributed by atoms with Crippen molar-refractivity contribution in [3.63, 3.8) is 0 Å². The van der Waals surface area contributed by atoms with Crippen molar-refractivity contribution in [3.8, 4) is 0 Å². The van der Waals surface area contributed by atoms with Gasteiger partial charge in [-0.25, -0.2) is 0 Å². The lowest BCUT2D eigenvalue weighted by atomic mass is 10.1. The maximum Gasteiger partial charge on any atom is 0.306 e. The van der Waals surface area contributed by atoms with Gasteiger partial charge in [0.25, 0.3) is 0 Å². The molecule has 0 rings (SSSR count). The molecule has 0 aromatic heterocycles. The lowest BCUT2D eigenvalue weighted by molar-refractivity contribution is -0.163. The zero-order chi connectivity index (χ0) is 44.9. The van der Waals surface area contributed by atoms with Gasteiger partial charge in [-0.05, 0) is 116 Å². The molecule has 0 radical (unpaired) electrons.